The number of nitrogens with zero attached hydrogens (tertiary/aromatic N) is 2. The molecule has 9 aromatic rings. The molecule has 0 amide bonds. The highest BCUT2D eigenvalue weighted by Gasteiger charge is 2.17. The van der Waals surface area contributed by atoms with Crippen molar-refractivity contribution >= 4 is 86.7 Å². The van der Waals surface area contributed by atoms with Crippen molar-refractivity contribution in [1.82, 2.24) is 4.98 Å². The van der Waals surface area contributed by atoms with Gasteiger partial charge in [-0.05, 0) is 78.5 Å². The highest BCUT2D eigenvalue weighted by molar-refractivity contribution is 7.19. The van der Waals surface area contributed by atoms with E-state index < -0.39 is 0 Å². The van der Waals surface area contributed by atoms with Crippen LogP contribution in [0.15, 0.2) is 114 Å². The zero-order valence-electron chi connectivity index (χ0n) is 22.7. The molecule has 0 aliphatic heterocycles. The van der Waals surface area contributed by atoms with Crippen molar-refractivity contribution in [2.45, 2.75) is 13.8 Å². The van der Waals surface area contributed by atoms with Crippen LogP contribution < -0.4 is 0 Å². The van der Waals surface area contributed by atoms with Crippen molar-refractivity contribution in [2.24, 2.45) is 4.99 Å². The predicted octanol–water partition coefficient (Wildman–Crippen LogP) is 11.1. The Morgan fingerprint density at radius 1 is 0.561 bits per heavy atom. The normalized spacial score (nSPS) is 12.8. The number of aryl methyl sites for hydroxylation is 1. The minimum Gasteiger partial charge on any atom is -0.240 e. The summed E-state index contributed by atoms with van der Waals surface area (Å²) in [5.41, 5.74) is 4.32. The zero-order valence-corrected chi connectivity index (χ0v) is 23.5. The van der Waals surface area contributed by atoms with Gasteiger partial charge in [-0.1, -0.05) is 121 Å². The molecule has 0 fully saturated rings. The Morgan fingerprint density at radius 2 is 1.05 bits per heavy atom. The largest absolute Gasteiger partial charge is 0.240 e. The summed E-state index contributed by atoms with van der Waals surface area (Å²) < 4.78 is 0. The third kappa shape index (κ3) is 3.24. The predicted molar refractivity (Wildman–Crippen MR) is 178 cm³/mol. The van der Waals surface area contributed by atoms with Gasteiger partial charge in [0.1, 0.15) is 10.0 Å². The van der Waals surface area contributed by atoms with E-state index in [0.717, 1.165) is 21.4 Å². The van der Waals surface area contributed by atoms with Crippen LogP contribution in [0.2, 0.25) is 0 Å². The molecule has 0 atom stereocenters. The maximum Gasteiger partial charge on any atom is 0.139 e. The lowest BCUT2D eigenvalue weighted by molar-refractivity contribution is 1.26. The van der Waals surface area contributed by atoms with E-state index in [9.17, 15) is 0 Å². The number of benzene rings is 8. The summed E-state index contributed by atoms with van der Waals surface area (Å²) in [6.07, 6.45) is 0. The van der Waals surface area contributed by atoms with Crippen LogP contribution in [-0.2, 0) is 0 Å². The number of aliphatic imine (C=N–C) groups is 1. The third-order valence-corrected chi connectivity index (χ3v) is 9.80. The third-order valence-electron chi connectivity index (χ3n) is 8.72. The van der Waals surface area contributed by atoms with Crippen LogP contribution in [0.25, 0.3) is 75.2 Å². The molecule has 192 valence electrons. The van der Waals surface area contributed by atoms with Crippen molar-refractivity contribution in [1.29, 1.82) is 0 Å². The average molecular weight is 541 g/mol. The zero-order chi connectivity index (χ0) is 27.2. The first-order valence-electron chi connectivity index (χ1n) is 14.0. The maximum atomic E-state index is 5.19. The van der Waals surface area contributed by atoms with Gasteiger partial charge >= 0.3 is 0 Å². The van der Waals surface area contributed by atoms with Crippen LogP contribution in [0, 0.1) is 6.92 Å². The Labute approximate surface area is 240 Å². The summed E-state index contributed by atoms with van der Waals surface area (Å²) >= 11 is 1.68. The lowest BCUT2D eigenvalue weighted by Gasteiger charge is -2.13. The Kier molecular flexibility index (Phi) is 4.65. The Balaban J connectivity index is 1.20. The van der Waals surface area contributed by atoms with E-state index in [4.69, 9.17) is 9.98 Å². The molecule has 0 saturated carbocycles. The van der Waals surface area contributed by atoms with Gasteiger partial charge in [0.05, 0.1) is 5.69 Å². The number of hydrogen-bond acceptors (Lipinski definition) is 3. The molecule has 0 unspecified atom stereocenters. The minimum absolute atomic E-state index is 0.966. The molecule has 0 bridgehead atoms. The Bertz CT molecular complexity index is 2470. The SMILES string of the molecule is C/C(=N\c1sc(-c2ccc3ccc4cccc5ccc2c3c45)nc1C)c1ccc2ccc3cccc4ccc1c2c34. The minimum atomic E-state index is 0.966. The molecule has 1 aromatic heterocycles. The Hall–Kier alpha value is -4.86. The summed E-state index contributed by atoms with van der Waals surface area (Å²) in [5, 5.41) is 17.5. The topological polar surface area (TPSA) is 25.2 Å². The first-order valence-corrected chi connectivity index (χ1v) is 14.8. The quantitative estimate of drug-likeness (QED) is 0.162. The van der Waals surface area contributed by atoms with Crippen LogP contribution >= 0.6 is 11.3 Å². The average Bonchev–Trinajstić information content (AvgIpc) is 3.37. The van der Waals surface area contributed by atoms with Crippen LogP contribution in [0.3, 0.4) is 0 Å². The number of thiazole rings is 1. The summed E-state index contributed by atoms with van der Waals surface area (Å²) in [7, 11) is 0. The first-order chi connectivity index (χ1) is 20.1. The second-order valence-corrected chi connectivity index (χ2v) is 12.0. The molecule has 3 heteroatoms. The molecular weight excluding hydrogens is 516 g/mol. The van der Waals surface area contributed by atoms with Crippen LogP contribution in [0.4, 0.5) is 5.00 Å². The van der Waals surface area contributed by atoms with Gasteiger partial charge in [0, 0.05) is 16.8 Å². The van der Waals surface area contributed by atoms with E-state index in [1.807, 2.05) is 0 Å². The summed E-state index contributed by atoms with van der Waals surface area (Å²) in [4.78, 5) is 10.2. The van der Waals surface area contributed by atoms with E-state index in [0.29, 0.717) is 0 Å². The fraction of sp³-hybridized carbons (Fsp3) is 0.0526. The van der Waals surface area contributed by atoms with Gasteiger partial charge in [-0.25, -0.2) is 9.98 Å². The molecule has 41 heavy (non-hydrogen) atoms. The van der Waals surface area contributed by atoms with Gasteiger partial charge in [0.15, 0.2) is 0 Å². The molecule has 1 heterocycles. The fourth-order valence-corrected chi connectivity index (χ4v) is 7.82. The van der Waals surface area contributed by atoms with Gasteiger partial charge in [0.2, 0.25) is 0 Å². The van der Waals surface area contributed by atoms with Crippen LogP contribution in [0.5, 0.6) is 0 Å². The van der Waals surface area contributed by atoms with Gasteiger partial charge in [-0.3, -0.25) is 0 Å². The molecule has 0 spiro atoms. The van der Waals surface area contributed by atoms with E-state index in [-0.39, 0.29) is 0 Å². The summed E-state index contributed by atoms with van der Waals surface area (Å²) in [5.74, 6) is 0. The molecule has 0 aliphatic rings. The van der Waals surface area contributed by atoms with Crippen molar-refractivity contribution in [3.8, 4) is 10.6 Å². The number of aromatic nitrogens is 1. The Morgan fingerprint density at radius 3 is 1.68 bits per heavy atom. The number of hydrogen-bond donors (Lipinski definition) is 0. The van der Waals surface area contributed by atoms with E-state index in [1.165, 1.54) is 75.8 Å². The van der Waals surface area contributed by atoms with E-state index >= 15 is 0 Å². The maximum absolute atomic E-state index is 5.19. The molecule has 9 rings (SSSR count). The molecule has 8 aromatic carbocycles. The standard InChI is InChI=1S/C38H24N2S/c1-21(29-17-13-27-11-9-23-5-3-7-25-14-18-30(29)35(27)33(23)25)39-37-22(2)40-38(41-37)32-20-16-28-12-10-24-6-4-8-26-15-19-31(32)36(28)34(24)26/h3-20H,1-2H3/b39-21+. The highest BCUT2D eigenvalue weighted by Crippen LogP contribution is 2.43. The lowest BCUT2D eigenvalue weighted by Crippen LogP contribution is -1.97. The van der Waals surface area contributed by atoms with Crippen molar-refractivity contribution < 1.29 is 0 Å². The smallest absolute Gasteiger partial charge is 0.139 e. The molecule has 2 nitrogen and oxygen atoms in total. The van der Waals surface area contributed by atoms with Crippen molar-refractivity contribution in [2.75, 3.05) is 0 Å². The summed E-state index contributed by atoms with van der Waals surface area (Å²) in [6.45, 7) is 4.20. The van der Waals surface area contributed by atoms with Crippen LogP contribution in [-0.4, -0.2) is 10.7 Å². The van der Waals surface area contributed by atoms with Gasteiger partial charge in [-0.15, -0.1) is 0 Å². The fourth-order valence-electron chi connectivity index (χ4n) is 6.79. The van der Waals surface area contributed by atoms with Gasteiger partial charge < -0.3 is 0 Å². The highest BCUT2D eigenvalue weighted by atomic mass is 32.1. The molecule has 0 N–H and O–H groups in total. The van der Waals surface area contributed by atoms with Crippen LogP contribution in [0.1, 0.15) is 18.2 Å². The molecular formula is C38H24N2S. The van der Waals surface area contributed by atoms with Crippen molar-refractivity contribution in [3.63, 3.8) is 0 Å². The summed E-state index contributed by atoms with van der Waals surface area (Å²) in [6, 6.07) is 39.9. The lowest BCUT2D eigenvalue weighted by atomic mass is 9.91. The monoisotopic (exact) mass is 540 g/mol. The first kappa shape index (κ1) is 22.9. The van der Waals surface area contributed by atoms with E-state index in [2.05, 4.69) is 123 Å². The second kappa shape index (κ2) is 8.33. The second-order valence-electron chi connectivity index (χ2n) is 11.0. The van der Waals surface area contributed by atoms with Crippen molar-refractivity contribution in [3.05, 3.63) is 120 Å². The van der Waals surface area contributed by atoms with Gasteiger partial charge in [0.25, 0.3) is 0 Å². The number of rotatable bonds is 3. The molecule has 0 radical (unpaired) electrons. The molecule has 0 saturated heterocycles. The van der Waals surface area contributed by atoms with Gasteiger partial charge in [-0.2, -0.15) is 0 Å². The molecule has 0 aliphatic carbocycles. The van der Waals surface area contributed by atoms with E-state index in [1.54, 1.807) is 11.3 Å².